The van der Waals surface area contributed by atoms with Crippen molar-refractivity contribution in [3.05, 3.63) is 89.6 Å². The van der Waals surface area contributed by atoms with Gasteiger partial charge in [0.1, 0.15) is 0 Å². The standard InChI is InChI=1S/C24H21FN6S/c25-17-12-28-10-8-15(17)24-30-21-16(19-7-4-9-29-19)13-32-23(21)22(31-24)20(27)18(26)11-14-5-2-1-3-6-14/h1-10,12-13,18,20,29H,11,26-27H2. The molecule has 0 fully saturated rings. The van der Waals surface area contributed by atoms with Crippen LogP contribution in [0.25, 0.3) is 32.9 Å². The summed E-state index contributed by atoms with van der Waals surface area (Å²) in [7, 11) is 0. The van der Waals surface area contributed by atoms with Gasteiger partial charge >= 0.3 is 0 Å². The van der Waals surface area contributed by atoms with E-state index in [1.807, 2.05) is 54.0 Å². The topological polar surface area (TPSA) is 106 Å². The van der Waals surface area contributed by atoms with E-state index in [-0.39, 0.29) is 17.4 Å². The van der Waals surface area contributed by atoms with Gasteiger partial charge in [0, 0.05) is 35.1 Å². The first-order valence-electron chi connectivity index (χ1n) is 10.2. The van der Waals surface area contributed by atoms with Crippen LogP contribution in [0.15, 0.2) is 72.5 Å². The molecule has 32 heavy (non-hydrogen) atoms. The third-order valence-corrected chi connectivity index (χ3v) is 6.43. The molecule has 0 saturated carbocycles. The molecule has 4 heterocycles. The Morgan fingerprint density at radius 3 is 2.59 bits per heavy atom. The Morgan fingerprint density at radius 2 is 1.84 bits per heavy atom. The van der Waals surface area contributed by atoms with Gasteiger partial charge in [0.25, 0.3) is 0 Å². The van der Waals surface area contributed by atoms with Gasteiger partial charge in [-0.15, -0.1) is 11.3 Å². The molecular formula is C24H21FN6S. The number of nitrogens with two attached hydrogens (primary N) is 2. The summed E-state index contributed by atoms with van der Waals surface area (Å²) < 4.78 is 15.4. The van der Waals surface area contributed by atoms with Gasteiger partial charge in [-0.25, -0.2) is 14.4 Å². The summed E-state index contributed by atoms with van der Waals surface area (Å²) >= 11 is 1.51. The van der Waals surface area contributed by atoms with E-state index in [0.717, 1.165) is 33.2 Å². The van der Waals surface area contributed by atoms with E-state index < -0.39 is 11.9 Å². The number of rotatable bonds is 6. The number of nitrogens with zero attached hydrogens (tertiary/aromatic N) is 3. The Balaban J connectivity index is 1.64. The van der Waals surface area contributed by atoms with Crippen molar-refractivity contribution in [3.8, 4) is 22.6 Å². The Bertz CT molecular complexity index is 1350. The lowest BCUT2D eigenvalue weighted by molar-refractivity contribution is 0.536. The summed E-state index contributed by atoms with van der Waals surface area (Å²) in [6, 6.07) is 14.5. The van der Waals surface area contributed by atoms with Crippen LogP contribution in [0.4, 0.5) is 4.39 Å². The van der Waals surface area contributed by atoms with Crippen molar-refractivity contribution in [2.75, 3.05) is 0 Å². The summed E-state index contributed by atoms with van der Waals surface area (Å²) in [5.41, 5.74) is 17.7. The fraction of sp³-hybridized carbons (Fsp3) is 0.125. The molecule has 4 aromatic heterocycles. The monoisotopic (exact) mass is 444 g/mol. The average molecular weight is 445 g/mol. The van der Waals surface area contributed by atoms with Crippen LogP contribution >= 0.6 is 11.3 Å². The lowest BCUT2D eigenvalue weighted by Crippen LogP contribution is -2.36. The van der Waals surface area contributed by atoms with Gasteiger partial charge in [-0.3, -0.25) is 4.98 Å². The third-order valence-electron chi connectivity index (χ3n) is 5.43. The molecule has 0 aliphatic rings. The Hall–Kier alpha value is -3.46. The minimum Gasteiger partial charge on any atom is -0.361 e. The predicted molar refractivity (Wildman–Crippen MR) is 125 cm³/mol. The normalized spacial score (nSPS) is 13.3. The number of fused-ring (bicyclic) bond motifs is 1. The van der Waals surface area contributed by atoms with E-state index in [4.69, 9.17) is 21.4 Å². The molecule has 5 rings (SSSR count). The first-order valence-corrected chi connectivity index (χ1v) is 11.1. The molecule has 2 unspecified atom stereocenters. The van der Waals surface area contributed by atoms with Crippen LogP contribution in [-0.2, 0) is 6.42 Å². The van der Waals surface area contributed by atoms with Gasteiger partial charge in [0.05, 0.1) is 33.7 Å². The molecule has 0 aliphatic heterocycles. The van der Waals surface area contributed by atoms with E-state index in [2.05, 4.69) is 9.97 Å². The van der Waals surface area contributed by atoms with Crippen LogP contribution in [0.2, 0.25) is 0 Å². The molecule has 160 valence electrons. The molecule has 6 nitrogen and oxygen atoms in total. The highest BCUT2D eigenvalue weighted by atomic mass is 32.1. The zero-order valence-electron chi connectivity index (χ0n) is 17.1. The number of thiophene rings is 1. The van der Waals surface area contributed by atoms with Crippen molar-refractivity contribution in [2.24, 2.45) is 11.5 Å². The zero-order valence-corrected chi connectivity index (χ0v) is 17.9. The Labute approximate surface area is 188 Å². The fourth-order valence-corrected chi connectivity index (χ4v) is 4.79. The lowest BCUT2D eigenvalue weighted by Gasteiger charge is -2.21. The zero-order chi connectivity index (χ0) is 22.1. The van der Waals surface area contributed by atoms with Crippen molar-refractivity contribution in [1.29, 1.82) is 0 Å². The average Bonchev–Trinajstić information content (AvgIpc) is 3.48. The second kappa shape index (κ2) is 8.58. The molecule has 0 amide bonds. The maximum Gasteiger partial charge on any atom is 0.163 e. The number of halogens is 1. The number of hydrogen-bond donors (Lipinski definition) is 3. The van der Waals surface area contributed by atoms with Crippen LogP contribution in [0.5, 0.6) is 0 Å². The highest BCUT2D eigenvalue weighted by Crippen LogP contribution is 2.37. The van der Waals surface area contributed by atoms with Crippen molar-refractivity contribution >= 4 is 21.6 Å². The van der Waals surface area contributed by atoms with E-state index in [1.54, 1.807) is 6.07 Å². The van der Waals surface area contributed by atoms with Crippen molar-refractivity contribution in [3.63, 3.8) is 0 Å². The molecule has 8 heteroatoms. The largest absolute Gasteiger partial charge is 0.361 e. The SMILES string of the molecule is NC(Cc1ccccc1)C(N)c1nc(-c2ccncc2F)nc2c(-c3ccc[nH]3)csc12. The highest BCUT2D eigenvalue weighted by Gasteiger charge is 2.25. The summed E-state index contributed by atoms with van der Waals surface area (Å²) in [5.74, 6) is -0.224. The molecule has 5 N–H and O–H groups in total. The summed E-state index contributed by atoms with van der Waals surface area (Å²) in [6.07, 6.45) is 5.13. The molecule has 2 atom stereocenters. The second-order valence-corrected chi connectivity index (χ2v) is 8.46. The predicted octanol–water partition coefficient (Wildman–Crippen LogP) is 4.46. The Kier molecular flexibility index (Phi) is 5.48. The van der Waals surface area contributed by atoms with Crippen LogP contribution in [0.1, 0.15) is 17.3 Å². The molecule has 5 aromatic rings. The molecule has 0 saturated heterocycles. The van der Waals surface area contributed by atoms with E-state index in [1.165, 1.54) is 17.5 Å². The third kappa shape index (κ3) is 3.80. The van der Waals surface area contributed by atoms with Crippen molar-refractivity contribution in [1.82, 2.24) is 19.9 Å². The van der Waals surface area contributed by atoms with Gasteiger partial charge < -0.3 is 16.5 Å². The highest BCUT2D eigenvalue weighted by molar-refractivity contribution is 7.17. The van der Waals surface area contributed by atoms with E-state index >= 15 is 0 Å². The molecule has 0 bridgehead atoms. The maximum atomic E-state index is 14.6. The number of benzene rings is 1. The second-order valence-electron chi connectivity index (χ2n) is 7.58. The van der Waals surface area contributed by atoms with E-state index in [0.29, 0.717) is 12.1 Å². The van der Waals surface area contributed by atoms with Crippen molar-refractivity contribution in [2.45, 2.75) is 18.5 Å². The number of aromatic nitrogens is 4. The molecule has 0 aliphatic carbocycles. The molecular weight excluding hydrogens is 423 g/mol. The lowest BCUT2D eigenvalue weighted by atomic mass is 9.97. The number of H-pyrrole nitrogens is 1. The molecule has 0 radical (unpaired) electrons. The van der Waals surface area contributed by atoms with Gasteiger partial charge in [0.2, 0.25) is 0 Å². The van der Waals surface area contributed by atoms with Crippen LogP contribution in [-0.4, -0.2) is 26.0 Å². The van der Waals surface area contributed by atoms with Gasteiger partial charge in [-0.1, -0.05) is 30.3 Å². The number of aromatic amines is 1. The van der Waals surface area contributed by atoms with Gasteiger partial charge in [0.15, 0.2) is 11.6 Å². The fourth-order valence-electron chi connectivity index (χ4n) is 3.75. The van der Waals surface area contributed by atoms with Gasteiger partial charge in [-0.2, -0.15) is 0 Å². The maximum absolute atomic E-state index is 14.6. The summed E-state index contributed by atoms with van der Waals surface area (Å²) in [5, 5.41) is 2.01. The first-order chi connectivity index (χ1) is 15.6. The number of nitrogens with one attached hydrogen (secondary N) is 1. The minimum atomic E-state index is -0.556. The quantitative estimate of drug-likeness (QED) is 0.359. The minimum absolute atomic E-state index is 0.265. The van der Waals surface area contributed by atoms with Crippen LogP contribution < -0.4 is 11.5 Å². The molecule has 1 aromatic carbocycles. The van der Waals surface area contributed by atoms with Crippen LogP contribution in [0.3, 0.4) is 0 Å². The first kappa shape index (κ1) is 20.4. The van der Waals surface area contributed by atoms with Gasteiger partial charge in [-0.05, 0) is 30.2 Å². The summed E-state index contributed by atoms with van der Waals surface area (Å²) in [6.45, 7) is 0. The smallest absolute Gasteiger partial charge is 0.163 e. The number of pyridine rings is 1. The van der Waals surface area contributed by atoms with E-state index in [9.17, 15) is 4.39 Å². The van der Waals surface area contributed by atoms with Crippen LogP contribution in [0, 0.1) is 5.82 Å². The molecule has 0 spiro atoms. The summed E-state index contributed by atoms with van der Waals surface area (Å²) in [4.78, 5) is 16.5. The Morgan fingerprint density at radius 1 is 1.00 bits per heavy atom. The number of hydrogen-bond acceptors (Lipinski definition) is 6. The van der Waals surface area contributed by atoms with Crippen molar-refractivity contribution < 1.29 is 4.39 Å².